The molecule has 0 fully saturated rings. The van der Waals surface area contributed by atoms with E-state index in [4.69, 9.17) is 10.9 Å². The van der Waals surface area contributed by atoms with Gasteiger partial charge in [-0.3, -0.25) is 0 Å². The standard InChI is InChI=1S/C12H18BrN3O/c1-2-10(7-12(14)16-17)15-8-9-5-3-4-6-11(9)13/h3-6,10,15,17H,2,7-8H2,1H3,(H2,14,16). The summed E-state index contributed by atoms with van der Waals surface area (Å²) in [5, 5.41) is 14.9. The largest absolute Gasteiger partial charge is 0.409 e. The normalized spacial score (nSPS) is 13.6. The molecule has 94 valence electrons. The first-order chi connectivity index (χ1) is 8.17. The van der Waals surface area contributed by atoms with Crippen LogP contribution in [-0.4, -0.2) is 17.1 Å². The predicted octanol–water partition coefficient (Wildman–Crippen LogP) is 2.45. The van der Waals surface area contributed by atoms with Gasteiger partial charge in [0.2, 0.25) is 0 Å². The minimum absolute atomic E-state index is 0.220. The molecular weight excluding hydrogens is 282 g/mol. The first-order valence-electron chi connectivity index (χ1n) is 5.60. The summed E-state index contributed by atoms with van der Waals surface area (Å²) in [6, 6.07) is 8.29. The highest BCUT2D eigenvalue weighted by molar-refractivity contribution is 9.10. The number of benzene rings is 1. The second-order valence-electron chi connectivity index (χ2n) is 3.87. The SMILES string of the molecule is CCC(CC(N)=NO)NCc1ccccc1Br. The van der Waals surface area contributed by atoms with E-state index >= 15 is 0 Å². The number of oxime groups is 1. The van der Waals surface area contributed by atoms with Crippen molar-refractivity contribution in [1.82, 2.24) is 5.32 Å². The maximum atomic E-state index is 8.54. The Balaban J connectivity index is 2.51. The fourth-order valence-electron chi connectivity index (χ4n) is 1.55. The predicted molar refractivity (Wildman–Crippen MR) is 73.1 cm³/mol. The summed E-state index contributed by atoms with van der Waals surface area (Å²) in [6.45, 7) is 2.83. The Morgan fingerprint density at radius 3 is 2.82 bits per heavy atom. The Labute approximate surface area is 110 Å². The third-order valence-corrected chi connectivity index (χ3v) is 3.39. The smallest absolute Gasteiger partial charge is 0.140 e. The molecule has 0 saturated carbocycles. The summed E-state index contributed by atoms with van der Waals surface area (Å²) in [7, 11) is 0. The molecule has 0 spiro atoms. The van der Waals surface area contributed by atoms with Gasteiger partial charge in [0.15, 0.2) is 0 Å². The van der Waals surface area contributed by atoms with E-state index < -0.39 is 0 Å². The molecule has 1 rings (SSSR count). The lowest BCUT2D eigenvalue weighted by atomic mass is 10.1. The van der Waals surface area contributed by atoms with Gasteiger partial charge in [0.05, 0.1) is 0 Å². The molecule has 5 heteroatoms. The van der Waals surface area contributed by atoms with E-state index in [0.717, 1.165) is 17.4 Å². The molecule has 1 atom stereocenters. The van der Waals surface area contributed by atoms with E-state index in [0.29, 0.717) is 6.42 Å². The summed E-state index contributed by atoms with van der Waals surface area (Å²) in [4.78, 5) is 0. The van der Waals surface area contributed by atoms with E-state index in [2.05, 4.69) is 39.4 Å². The van der Waals surface area contributed by atoms with Crippen molar-refractivity contribution in [2.24, 2.45) is 10.9 Å². The van der Waals surface area contributed by atoms with E-state index in [9.17, 15) is 0 Å². The zero-order valence-corrected chi connectivity index (χ0v) is 11.4. The second-order valence-corrected chi connectivity index (χ2v) is 4.73. The summed E-state index contributed by atoms with van der Waals surface area (Å²) in [6.07, 6.45) is 1.48. The molecule has 1 aromatic rings. The van der Waals surface area contributed by atoms with Crippen molar-refractivity contribution >= 4 is 21.8 Å². The van der Waals surface area contributed by atoms with Crippen LogP contribution < -0.4 is 11.1 Å². The van der Waals surface area contributed by atoms with Crippen LogP contribution in [0.15, 0.2) is 33.9 Å². The van der Waals surface area contributed by atoms with Gasteiger partial charge in [0, 0.05) is 23.5 Å². The van der Waals surface area contributed by atoms with Gasteiger partial charge in [-0.05, 0) is 18.1 Å². The minimum atomic E-state index is 0.220. The average Bonchev–Trinajstić information content (AvgIpc) is 2.35. The number of nitrogens with two attached hydrogens (primary N) is 1. The van der Waals surface area contributed by atoms with Crippen molar-refractivity contribution in [3.05, 3.63) is 34.3 Å². The topological polar surface area (TPSA) is 70.6 Å². The maximum absolute atomic E-state index is 8.54. The molecule has 4 nitrogen and oxygen atoms in total. The van der Waals surface area contributed by atoms with Gasteiger partial charge in [-0.1, -0.05) is 46.2 Å². The van der Waals surface area contributed by atoms with Crippen LogP contribution in [0, 0.1) is 0 Å². The summed E-state index contributed by atoms with van der Waals surface area (Å²) in [5.41, 5.74) is 6.70. The Morgan fingerprint density at radius 1 is 1.53 bits per heavy atom. The van der Waals surface area contributed by atoms with Gasteiger partial charge < -0.3 is 16.3 Å². The van der Waals surface area contributed by atoms with Gasteiger partial charge in [-0.25, -0.2) is 0 Å². The number of nitrogens with zero attached hydrogens (tertiary/aromatic N) is 1. The molecule has 1 unspecified atom stereocenters. The Morgan fingerprint density at radius 2 is 2.24 bits per heavy atom. The summed E-state index contributed by atoms with van der Waals surface area (Å²) < 4.78 is 1.09. The van der Waals surface area contributed by atoms with Gasteiger partial charge in [-0.15, -0.1) is 0 Å². The van der Waals surface area contributed by atoms with Crippen LogP contribution in [0.5, 0.6) is 0 Å². The van der Waals surface area contributed by atoms with Gasteiger partial charge >= 0.3 is 0 Å². The van der Waals surface area contributed by atoms with Gasteiger partial charge in [0.25, 0.3) is 0 Å². The zero-order chi connectivity index (χ0) is 12.7. The van der Waals surface area contributed by atoms with Crippen molar-refractivity contribution in [2.45, 2.75) is 32.4 Å². The molecule has 0 radical (unpaired) electrons. The lowest BCUT2D eigenvalue weighted by Crippen LogP contribution is -2.32. The van der Waals surface area contributed by atoms with Crippen LogP contribution in [-0.2, 0) is 6.54 Å². The number of hydrogen-bond acceptors (Lipinski definition) is 3. The number of rotatable bonds is 6. The third kappa shape index (κ3) is 4.75. The number of amidine groups is 1. The lowest BCUT2D eigenvalue weighted by molar-refractivity contribution is 0.315. The first-order valence-corrected chi connectivity index (χ1v) is 6.39. The van der Waals surface area contributed by atoms with E-state index in [1.165, 1.54) is 5.56 Å². The zero-order valence-electron chi connectivity index (χ0n) is 9.86. The highest BCUT2D eigenvalue weighted by Crippen LogP contribution is 2.15. The molecule has 17 heavy (non-hydrogen) atoms. The average molecular weight is 300 g/mol. The van der Waals surface area contributed by atoms with Crippen molar-refractivity contribution in [3.8, 4) is 0 Å². The molecule has 0 aliphatic rings. The minimum Gasteiger partial charge on any atom is -0.409 e. The molecule has 1 aromatic carbocycles. The quantitative estimate of drug-likeness (QED) is 0.327. The maximum Gasteiger partial charge on any atom is 0.140 e. The van der Waals surface area contributed by atoms with Crippen LogP contribution in [0.4, 0.5) is 0 Å². The van der Waals surface area contributed by atoms with Crippen LogP contribution in [0.2, 0.25) is 0 Å². The highest BCUT2D eigenvalue weighted by Gasteiger charge is 2.09. The van der Waals surface area contributed by atoms with Crippen molar-refractivity contribution < 1.29 is 5.21 Å². The van der Waals surface area contributed by atoms with Crippen LogP contribution >= 0.6 is 15.9 Å². The molecule has 0 saturated heterocycles. The summed E-state index contributed by atoms with van der Waals surface area (Å²) >= 11 is 3.50. The van der Waals surface area contributed by atoms with Gasteiger partial charge in [-0.2, -0.15) is 0 Å². The van der Waals surface area contributed by atoms with Crippen molar-refractivity contribution in [1.29, 1.82) is 0 Å². The van der Waals surface area contributed by atoms with E-state index in [-0.39, 0.29) is 11.9 Å². The van der Waals surface area contributed by atoms with Crippen molar-refractivity contribution in [3.63, 3.8) is 0 Å². The molecule has 0 heterocycles. The lowest BCUT2D eigenvalue weighted by Gasteiger charge is -2.16. The van der Waals surface area contributed by atoms with Crippen LogP contribution in [0.3, 0.4) is 0 Å². The molecule has 0 bridgehead atoms. The van der Waals surface area contributed by atoms with E-state index in [1.54, 1.807) is 0 Å². The number of halogens is 1. The van der Waals surface area contributed by atoms with Crippen LogP contribution in [0.25, 0.3) is 0 Å². The number of hydrogen-bond donors (Lipinski definition) is 3. The van der Waals surface area contributed by atoms with Crippen LogP contribution in [0.1, 0.15) is 25.3 Å². The van der Waals surface area contributed by atoms with E-state index in [1.807, 2.05) is 18.2 Å². The monoisotopic (exact) mass is 299 g/mol. The fraction of sp³-hybridized carbons (Fsp3) is 0.417. The highest BCUT2D eigenvalue weighted by atomic mass is 79.9. The molecule has 0 amide bonds. The third-order valence-electron chi connectivity index (χ3n) is 2.62. The molecule has 0 aliphatic heterocycles. The second kappa shape index (κ2) is 7.29. The summed E-state index contributed by atoms with van der Waals surface area (Å²) in [5.74, 6) is 0.261. The van der Waals surface area contributed by atoms with Crippen molar-refractivity contribution in [2.75, 3.05) is 0 Å². The molecule has 0 aliphatic carbocycles. The Bertz CT molecular complexity index is 382. The fourth-order valence-corrected chi connectivity index (χ4v) is 1.98. The molecule has 0 aromatic heterocycles. The number of nitrogens with one attached hydrogen (secondary N) is 1. The molecular formula is C12H18BrN3O. The first kappa shape index (κ1) is 14.0. The Hall–Kier alpha value is -1.07. The van der Waals surface area contributed by atoms with Gasteiger partial charge in [0.1, 0.15) is 5.84 Å². The molecule has 4 N–H and O–H groups in total. The Kier molecular flexibility index (Phi) is 6.00.